The van der Waals surface area contributed by atoms with E-state index in [1.807, 2.05) is 6.92 Å². The average molecular weight is 177 g/mol. The van der Waals surface area contributed by atoms with Crippen molar-refractivity contribution in [3.8, 4) is 0 Å². The third-order valence-corrected chi connectivity index (χ3v) is 2.14. The summed E-state index contributed by atoms with van der Waals surface area (Å²) in [4.78, 5) is 10.2. The van der Waals surface area contributed by atoms with E-state index in [4.69, 9.17) is 5.11 Å². The minimum absolute atomic E-state index is 0.0807. The lowest BCUT2D eigenvalue weighted by Crippen LogP contribution is -2.40. The van der Waals surface area contributed by atoms with Crippen LogP contribution in [0.3, 0.4) is 0 Å². The van der Waals surface area contributed by atoms with Crippen LogP contribution in [0.1, 0.15) is 26.2 Å². The number of rotatable bonds is 6. The molecule has 0 aliphatic heterocycles. The van der Waals surface area contributed by atoms with Gasteiger partial charge in [0.15, 0.2) is 0 Å². The lowest BCUT2D eigenvalue weighted by atomic mass is 9.93. The Morgan fingerprint density at radius 1 is 1.58 bits per heavy atom. The molecule has 0 aliphatic rings. The molecule has 0 aromatic rings. The number of alkyl halides is 1. The molecule has 0 aliphatic carbocycles. The zero-order valence-electron chi connectivity index (χ0n) is 7.56. The summed E-state index contributed by atoms with van der Waals surface area (Å²) in [5.74, 6) is -0.838. The quantitative estimate of drug-likeness (QED) is 0.640. The second-order valence-corrected chi connectivity index (χ2v) is 3.14. The number of hydrogen-bond acceptors (Lipinski definition) is 2. The Bertz CT molecular complexity index is 152. The summed E-state index contributed by atoms with van der Waals surface area (Å²) in [7, 11) is 1.72. The SMILES string of the molecule is CNC(C)(CCF)CCC(=O)O. The first-order valence-corrected chi connectivity index (χ1v) is 4.01. The molecule has 0 spiro atoms. The van der Waals surface area contributed by atoms with Gasteiger partial charge in [-0.3, -0.25) is 9.18 Å². The molecule has 1 unspecified atom stereocenters. The number of carboxylic acids is 1. The fraction of sp³-hybridized carbons (Fsp3) is 0.875. The third-order valence-electron chi connectivity index (χ3n) is 2.14. The first-order chi connectivity index (χ1) is 5.54. The van der Waals surface area contributed by atoms with Crippen molar-refractivity contribution in [3.63, 3.8) is 0 Å². The van der Waals surface area contributed by atoms with Crippen LogP contribution in [0.5, 0.6) is 0 Å². The van der Waals surface area contributed by atoms with E-state index in [1.165, 1.54) is 0 Å². The van der Waals surface area contributed by atoms with Crippen molar-refractivity contribution in [3.05, 3.63) is 0 Å². The molecule has 3 nitrogen and oxygen atoms in total. The van der Waals surface area contributed by atoms with Gasteiger partial charge in [-0.2, -0.15) is 0 Å². The number of halogens is 1. The van der Waals surface area contributed by atoms with Gasteiger partial charge in [0.1, 0.15) is 0 Å². The molecule has 0 heterocycles. The van der Waals surface area contributed by atoms with Crippen LogP contribution in [0.25, 0.3) is 0 Å². The zero-order valence-corrected chi connectivity index (χ0v) is 7.56. The number of aliphatic carboxylic acids is 1. The summed E-state index contributed by atoms with van der Waals surface area (Å²) in [6.07, 6.45) is 0.900. The van der Waals surface area contributed by atoms with E-state index in [2.05, 4.69) is 5.32 Å². The molecule has 0 rings (SSSR count). The second-order valence-electron chi connectivity index (χ2n) is 3.14. The summed E-state index contributed by atoms with van der Waals surface area (Å²) in [5, 5.41) is 11.4. The van der Waals surface area contributed by atoms with Crippen molar-refractivity contribution in [2.45, 2.75) is 31.7 Å². The molecule has 72 valence electrons. The highest BCUT2D eigenvalue weighted by molar-refractivity contribution is 5.66. The lowest BCUT2D eigenvalue weighted by molar-refractivity contribution is -0.137. The number of carboxylic acid groups (broad SMARTS) is 1. The molecule has 12 heavy (non-hydrogen) atoms. The monoisotopic (exact) mass is 177 g/mol. The van der Waals surface area contributed by atoms with Gasteiger partial charge >= 0.3 is 5.97 Å². The van der Waals surface area contributed by atoms with E-state index >= 15 is 0 Å². The van der Waals surface area contributed by atoms with Crippen LogP contribution in [-0.2, 0) is 4.79 Å². The Morgan fingerprint density at radius 3 is 2.50 bits per heavy atom. The van der Waals surface area contributed by atoms with Crippen LogP contribution < -0.4 is 5.32 Å². The lowest BCUT2D eigenvalue weighted by Gasteiger charge is -2.27. The molecular formula is C8H16FNO2. The molecule has 0 bridgehead atoms. The van der Waals surface area contributed by atoms with Crippen LogP contribution in [0.4, 0.5) is 4.39 Å². The highest BCUT2D eigenvalue weighted by Crippen LogP contribution is 2.16. The predicted molar refractivity (Wildman–Crippen MR) is 44.9 cm³/mol. The van der Waals surface area contributed by atoms with Gasteiger partial charge in [0.2, 0.25) is 0 Å². The van der Waals surface area contributed by atoms with Crippen LogP contribution >= 0.6 is 0 Å². The minimum atomic E-state index is -0.838. The van der Waals surface area contributed by atoms with Crippen LogP contribution in [-0.4, -0.2) is 30.3 Å². The largest absolute Gasteiger partial charge is 0.481 e. The number of hydrogen-bond donors (Lipinski definition) is 2. The summed E-state index contributed by atoms with van der Waals surface area (Å²) in [5.41, 5.74) is -0.382. The molecule has 0 aromatic carbocycles. The normalized spacial score (nSPS) is 15.6. The Balaban J connectivity index is 3.86. The fourth-order valence-electron chi connectivity index (χ4n) is 0.966. The van der Waals surface area contributed by atoms with Crippen LogP contribution in [0.2, 0.25) is 0 Å². The smallest absolute Gasteiger partial charge is 0.303 e. The van der Waals surface area contributed by atoms with Gasteiger partial charge in [-0.05, 0) is 26.8 Å². The molecule has 2 N–H and O–H groups in total. The maximum atomic E-state index is 12.0. The van der Waals surface area contributed by atoms with Gasteiger partial charge < -0.3 is 10.4 Å². The first-order valence-electron chi connectivity index (χ1n) is 4.01. The van der Waals surface area contributed by atoms with Gasteiger partial charge in [-0.25, -0.2) is 0 Å². The Kier molecular flexibility index (Phi) is 4.81. The standard InChI is InChI=1S/C8H16FNO2/c1-8(10-2,5-6-9)4-3-7(11)12/h10H,3-6H2,1-2H3,(H,11,12). The Labute approximate surface area is 72.0 Å². The molecule has 0 saturated carbocycles. The highest BCUT2D eigenvalue weighted by Gasteiger charge is 2.22. The second kappa shape index (κ2) is 5.09. The van der Waals surface area contributed by atoms with Crippen LogP contribution in [0, 0.1) is 0 Å². The van der Waals surface area contributed by atoms with Crippen molar-refractivity contribution >= 4 is 5.97 Å². The van der Waals surface area contributed by atoms with Crippen molar-refractivity contribution < 1.29 is 14.3 Å². The van der Waals surface area contributed by atoms with E-state index in [0.717, 1.165) is 0 Å². The topological polar surface area (TPSA) is 49.3 Å². The number of nitrogens with one attached hydrogen (secondary N) is 1. The summed E-state index contributed by atoms with van der Waals surface area (Å²) < 4.78 is 12.0. The Morgan fingerprint density at radius 2 is 2.17 bits per heavy atom. The molecule has 4 heteroatoms. The maximum absolute atomic E-state index is 12.0. The fourth-order valence-corrected chi connectivity index (χ4v) is 0.966. The average Bonchev–Trinajstić information content (AvgIpc) is 2.02. The minimum Gasteiger partial charge on any atom is -0.481 e. The first kappa shape index (κ1) is 11.4. The molecule has 0 radical (unpaired) electrons. The van der Waals surface area contributed by atoms with E-state index in [0.29, 0.717) is 12.8 Å². The molecule has 1 atom stereocenters. The van der Waals surface area contributed by atoms with Gasteiger partial charge in [-0.15, -0.1) is 0 Å². The molecule has 0 saturated heterocycles. The van der Waals surface area contributed by atoms with Crippen molar-refractivity contribution in [1.29, 1.82) is 0 Å². The molecule has 0 aromatic heterocycles. The van der Waals surface area contributed by atoms with Gasteiger partial charge in [0.05, 0.1) is 6.67 Å². The number of carbonyl (C=O) groups is 1. The van der Waals surface area contributed by atoms with E-state index in [9.17, 15) is 9.18 Å². The summed E-state index contributed by atoms with van der Waals surface area (Å²) in [6.45, 7) is 1.41. The van der Waals surface area contributed by atoms with Gasteiger partial charge in [0.25, 0.3) is 0 Å². The van der Waals surface area contributed by atoms with Crippen molar-refractivity contribution in [2.75, 3.05) is 13.7 Å². The molecule has 0 amide bonds. The van der Waals surface area contributed by atoms with Gasteiger partial charge in [0, 0.05) is 12.0 Å². The highest BCUT2D eigenvalue weighted by atomic mass is 19.1. The van der Waals surface area contributed by atoms with Crippen molar-refractivity contribution in [1.82, 2.24) is 5.32 Å². The summed E-state index contributed by atoms with van der Waals surface area (Å²) >= 11 is 0. The van der Waals surface area contributed by atoms with Crippen LogP contribution in [0.15, 0.2) is 0 Å². The maximum Gasteiger partial charge on any atom is 0.303 e. The van der Waals surface area contributed by atoms with Crippen molar-refractivity contribution in [2.24, 2.45) is 0 Å². The Hall–Kier alpha value is -0.640. The van der Waals surface area contributed by atoms with E-state index < -0.39 is 12.6 Å². The summed E-state index contributed by atoms with van der Waals surface area (Å²) in [6, 6.07) is 0. The predicted octanol–water partition coefficient (Wildman–Crippen LogP) is 1.19. The molecule has 0 fully saturated rings. The van der Waals surface area contributed by atoms with E-state index in [1.54, 1.807) is 7.05 Å². The van der Waals surface area contributed by atoms with E-state index in [-0.39, 0.29) is 12.0 Å². The van der Waals surface area contributed by atoms with Gasteiger partial charge in [-0.1, -0.05) is 0 Å². The zero-order chi connectivity index (χ0) is 9.61. The third kappa shape index (κ3) is 4.28. The molecular weight excluding hydrogens is 161 g/mol.